The van der Waals surface area contributed by atoms with E-state index in [1.54, 1.807) is 12.5 Å². The van der Waals surface area contributed by atoms with Crippen LogP contribution in [0.4, 0.5) is 0 Å². The SMILES string of the molecule is O=[N+]([O-])C1=C(Br)[CH]CC=C1. The van der Waals surface area contributed by atoms with E-state index < -0.39 is 4.92 Å². The summed E-state index contributed by atoms with van der Waals surface area (Å²) in [5.74, 6) is 0. The number of hydrogen-bond donors (Lipinski definition) is 0. The molecule has 10 heavy (non-hydrogen) atoms. The Morgan fingerprint density at radius 2 is 2.40 bits per heavy atom. The molecule has 0 amide bonds. The first-order chi connectivity index (χ1) is 4.72. The van der Waals surface area contributed by atoms with Gasteiger partial charge in [-0.3, -0.25) is 10.1 Å². The van der Waals surface area contributed by atoms with E-state index in [2.05, 4.69) is 15.9 Å². The van der Waals surface area contributed by atoms with Crippen molar-refractivity contribution in [3.8, 4) is 0 Å². The molecule has 53 valence electrons. The highest BCUT2D eigenvalue weighted by Gasteiger charge is 2.15. The zero-order valence-electron chi connectivity index (χ0n) is 5.08. The second-order valence-electron chi connectivity index (χ2n) is 1.83. The fourth-order valence-electron chi connectivity index (χ4n) is 0.683. The van der Waals surface area contributed by atoms with Crippen molar-refractivity contribution >= 4 is 15.9 Å². The average molecular weight is 203 g/mol. The van der Waals surface area contributed by atoms with Crippen molar-refractivity contribution in [2.75, 3.05) is 0 Å². The third-order valence-electron chi connectivity index (χ3n) is 1.15. The second-order valence-corrected chi connectivity index (χ2v) is 2.69. The number of nitro groups is 1. The molecule has 3 nitrogen and oxygen atoms in total. The highest BCUT2D eigenvalue weighted by Crippen LogP contribution is 2.22. The molecule has 0 spiro atoms. The van der Waals surface area contributed by atoms with Crippen LogP contribution < -0.4 is 0 Å². The first-order valence-electron chi connectivity index (χ1n) is 2.75. The van der Waals surface area contributed by atoms with Crippen molar-refractivity contribution in [1.29, 1.82) is 0 Å². The molecule has 0 fully saturated rings. The third-order valence-corrected chi connectivity index (χ3v) is 1.88. The molecule has 4 heteroatoms. The molecule has 0 bridgehead atoms. The van der Waals surface area contributed by atoms with Crippen LogP contribution in [0.25, 0.3) is 0 Å². The van der Waals surface area contributed by atoms with Gasteiger partial charge in [-0.15, -0.1) is 0 Å². The van der Waals surface area contributed by atoms with Crippen molar-refractivity contribution in [3.05, 3.63) is 38.9 Å². The molecule has 0 heterocycles. The summed E-state index contributed by atoms with van der Waals surface area (Å²) in [6.07, 6.45) is 5.78. The van der Waals surface area contributed by atoms with Gasteiger partial charge >= 0.3 is 0 Å². The molecule has 0 aromatic carbocycles. The van der Waals surface area contributed by atoms with Crippen LogP contribution in [-0.2, 0) is 0 Å². The van der Waals surface area contributed by atoms with Gasteiger partial charge < -0.3 is 0 Å². The lowest BCUT2D eigenvalue weighted by atomic mass is 10.1. The maximum Gasteiger partial charge on any atom is 0.279 e. The largest absolute Gasteiger partial charge is 0.279 e. The minimum absolute atomic E-state index is 0.131. The third kappa shape index (κ3) is 1.44. The first kappa shape index (κ1) is 7.47. The highest BCUT2D eigenvalue weighted by atomic mass is 79.9. The highest BCUT2D eigenvalue weighted by molar-refractivity contribution is 9.11. The Labute approximate surface area is 66.7 Å². The van der Waals surface area contributed by atoms with Crippen LogP contribution in [0.1, 0.15) is 6.42 Å². The fraction of sp³-hybridized carbons (Fsp3) is 0.167. The predicted molar refractivity (Wildman–Crippen MR) is 41.0 cm³/mol. The fourth-order valence-corrected chi connectivity index (χ4v) is 1.15. The lowest BCUT2D eigenvalue weighted by Gasteiger charge is -2.01. The zero-order chi connectivity index (χ0) is 7.56. The van der Waals surface area contributed by atoms with Crippen molar-refractivity contribution in [3.63, 3.8) is 0 Å². The maximum atomic E-state index is 10.2. The monoisotopic (exact) mass is 202 g/mol. The van der Waals surface area contributed by atoms with Gasteiger partial charge in [0.2, 0.25) is 0 Å². The second kappa shape index (κ2) is 2.96. The molecule has 0 saturated heterocycles. The number of halogens is 1. The number of rotatable bonds is 1. The molecular weight excluding hydrogens is 198 g/mol. The maximum absolute atomic E-state index is 10.2. The minimum Gasteiger partial charge on any atom is -0.258 e. The average Bonchev–Trinajstić information content (AvgIpc) is 1.88. The summed E-state index contributed by atoms with van der Waals surface area (Å²) < 4.78 is 0.569. The van der Waals surface area contributed by atoms with Gasteiger partial charge in [-0.25, -0.2) is 0 Å². The van der Waals surface area contributed by atoms with Gasteiger partial charge in [0.25, 0.3) is 5.70 Å². The zero-order valence-corrected chi connectivity index (χ0v) is 6.67. The van der Waals surface area contributed by atoms with Gasteiger partial charge in [0.1, 0.15) is 0 Å². The normalized spacial score (nSPS) is 17.7. The molecule has 0 atom stereocenters. The van der Waals surface area contributed by atoms with Crippen LogP contribution in [0.2, 0.25) is 0 Å². The predicted octanol–water partition coefficient (Wildman–Crippen LogP) is 2.03. The molecule has 1 aliphatic carbocycles. The van der Waals surface area contributed by atoms with E-state index in [9.17, 15) is 10.1 Å². The standard InChI is InChI=1S/C6H5BrNO2/c7-5-3-1-2-4-6(5)8(9)10/h2-4H,1H2. The summed E-state index contributed by atoms with van der Waals surface area (Å²) in [6, 6.07) is 0. The van der Waals surface area contributed by atoms with E-state index >= 15 is 0 Å². The Morgan fingerprint density at radius 3 is 2.80 bits per heavy atom. The molecule has 1 rings (SSSR count). The Morgan fingerprint density at radius 1 is 1.70 bits per heavy atom. The Bertz CT molecular complexity index is 220. The number of allylic oxidation sites excluding steroid dienone is 3. The summed E-state index contributed by atoms with van der Waals surface area (Å²) >= 11 is 3.09. The number of hydrogen-bond acceptors (Lipinski definition) is 2. The van der Waals surface area contributed by atoms with Gasteiger partial charge in [-0.1, -0.05) is 6.08 Å². The van der Waals surface area contributed by atoms with E-state index in [4.69, 9.17) is 0 Å². The molecule has 0 saturated carbocycles. The van der Waals surface area contributed by atoms with Crippen LogP contribution >= 0.6 is 15.9 Å². The molecule has 1 aliphatic rings. The summed E-state index contributed by atoms with van der Waals surface area (Å²) in [5.41, 5.74) is 0.131. The molecule has 0 unspecified atom stereocenters. The molecule has 0 aliphatic heterocycles. The van der Waals surface area contributed by atoms with E-state index in [1.165, 1.54) is 6.08 Å². The number of nitrogens with zero attached hydrogens (tertiary/aromatic N) is 1. The molecular formula is C6H5BrNO2. The Balaban J connectivity index is 2.90. The van der Waals surface area contributed by atoms with Crippen LogP contribution in [0.15, 0.2) is 22.3 Å². The van der Waals surface area contributed by atoms with Crippen LogP contribution in [0, 0.1) is 16.5 Å². The van der Waals surface area contributed by atoms with Crippen molar-refractivity contribution in [2.24, 2.45) is 0 Å². The van der Waals surface area contributed by atoms with Gasteiger partial charge in [0.05, 0.1) is 9.41 Å². The van der Waals surface area contributed by atoms with Gasteiger partial charge in [0.15, 0.2) is 0 Å². The molecule has 0 N–H and O–H groups in total. The lowest BCUT2D eigenvalue weighted by Crippen LogP contribution is -2.00. The van der Waals surface area contributed by atoms with E-state index in [-0.39, 0.29) is 5.70 Å². The van der Waals surface area contributed by atoms with Crippen molar-refractivity contribution in [1.82, 2.24) is 0 Å². The van der Waals surface area contributed by atoms with Crippen molar-refractivity contribution < 1.29 is 4.92 Å². The lowest BCUT2D eigenvalue weighted by molar-refractivity contribution is -0.419. The molecule has 0 aromatic heterocycles. The molecule has 0 aromatic rings. The Hall–Kier alpha value is -0.640. The quantitative estimate of drug-likeness (QED) is 0.483. The van der Waals surface area contributed by atoms with Crippen LogP contribution in [-0.4, -0.2) is 4.92 Å². The topological polar surface area (TPSA) is 43.1 Å². The van der Waals surface area contributed by atoms with Gasteiger partial charge in [-0.05, 0) is 22.4 Å². The van der Waals surface area contributed by atoms with Crippen LogP contribution in [0.3, 0.4) is 0 Å². The summed E-state index contributed by atoms with van der Waals surface area (Å²) in [7, 11) is 0. The first-order valence-corrected chi connectivity index (χ1v) is 3.55. The van der Waals surface area contributed by atoms with Crippen molar-refractivity contribution in [2.45, 2.75) is 6.42 Å². The molecule has 1 radical (unpaired) electrons. The van der Waals surface area contributed by atoms with Gasteiger partial charge in [0, 0.05) is 12.5 Å². The van der Waals surface area contributed by atoms with Gasteiger partial charge in [-0.2, -0.15) is 0 Å². The summed E-state index contributed by atoms with van der Waals surface area (Å²) in [6.45, 7) is 0. The summed E-state index contributed by atoms with van der Waals surface area (Å²) in [5, 5.41) is 10.2. The summed E-state index contributed by atoms with van der Waals surface area (Å²) in [4.78, 5) is 9.80. The smallest absolute Gasteiger partial charge is 0.258 e. The Kier molecular flexibility index (Phi) is 2.21. The van der Waals surface area contributed by atoms with Crippen LogP contribution in [0.5, 0.6) is 0 Å². The van der Waals surface area contributed by atoms with E-state index in [0.29, 0.717) is 4.48 Å². The minimum atomic E-state index is -0.407. The van der Waals surface area contributed by atoms with E-state index in [0.717, 1.165) is 6.42 Å². The van der Waals surface area contributed by atoms with E-state index in [1.807, 2.05) is 0 Å².